The fourth-order valence-corrected chi connectivity index (χ4v) is 3.34. The van der Waals surface area contributed by atoms with Crippen molar-refractivity contribution in [2.45, 2.75) is 44.2 Å². The molecule has 1 aromatic rings. The second kappa shape index (κ2) is 4.43. The first-order chi connectivity index (χ1) is 8.34. The number of fused-ring (bicyclic) bond motifs is 1. The Morgan fingerprint density at radius 1 is 1.12 bits per heavy atom. The molecule has 0 bridgehead atoms. The van der Waals surface area contributed by atoms with Gasteiger partial charge < -0.3 is 5.73 Å². The molecule has 1 aliphatic heterocycles. The highest BCUT2D eigenvalue weighted by Crippen LogP contribution is 2.39. The van der Waals surface area contributed by atoms with E-state index in [4.69, 9.17) is 5.73 Å². The summed E-state index contributed by atoms with van der Waals surface area (Å²) < 4.78 is 0. The van der Waals surface area contributed by atoms with Crippen molar-refractivity contribution in [1.29, 1.82) is 0 Å². The standard InChI is InChI=1S/C15H22N2/c16-12-15(8-4-9-15)17-10-3-7-13-5-1-2-6-14(13)11-17/h1-2,5-6H,3-4,7-12,16H2. The minimum absolute atomic E-state index is 0.331. The first-order valence-corrected chi connectivity index (χ1v) is 6.86. The Morgan fingerprint density at radius 3 is 2.53 bits per heavy atom. The van der Waals surface area contributed by atoms with Crippen molar-refractivity contribution in [1.82, 2.24) is 4.90 Å². The van der Waals surface area contributed by atoms with E-state index >= 15 is 0 Å². The number of benzene rings is 1. The van der Waals surface area contributed by atoms with Crippen LogP contribution < -0.4 is 5.73 Å². The maximum absolute atomic E-state index is 6.03. The summed E-state index contributed by atoms with van der Waals surface area (Å²) in [6, 6.07) is 8.90. The number of hydrogen-bond donors (Lipinski definition) is 1. The molecule has 0 amide bonds. The number of nitrogens with two attached hydrogens (primary N) is 1. The van der Waals surface area contributed by atoms with Gasteiger partial charge in [0.15, 0.2) is 0 Å². The zero-order chi connectivity index (χ0) is 11.7. The summed E-state index contributed by atoms with van der Waals surface area (Å²) >= 11 is 0. The third-order valence-electron chi connectivity index (χ3n) is 4.69. The molecule has 2 N–H and O–H groups in total. The molecule has 1 aliphatic carbocycles. The van der Waals surface area contributed by atoms with Gasteiger partial charge in [-0.2, -0.15) is 0 Å². The fraction of sp³-hybridized carbons (Fsp3) is 0.600. The highest BCUT2D eigenvalue weighted by atomic mass is 15.2. The van der Waals surface area contributed by atoms with Crippen molar-refractivity contribution in [3.8, 4) is 0 Å². The van der Waals surface area contributed by atoms with E-state index in [0.717, 1.165) is 13.1 Å². The summed E-state index contributed by atoms with van der Waals surface area (Å²) in [6.07, 6.45) is 6.46. The van der Waals surface area contributed by atoms with E-state index in [-0.39, 0.29) is 0 Å². The Balaban J connectivity index is 1.85. The minimum Gasteiger partial charge on any atom is -0.329 e. The first kappa shape index (κ1) is 11.2. The number of aryl methyl sites for hydroxylation is 1. The van der Waals surface area contributed by atoms with Crippen molar-refractivity contribution < 1.29 is 0 Å². The Hall–Kier alpha value is -0.860. The second-order valence-electron chi connectivity index (χ2n) is 5.58. The van der Waals surface area contributed by atoms with E-state index in [9.17, 15) is 0 Å². The van der Waals surface area contributed by atoms with Crippen molar-refractivity contribution in [3.05, 3.63) is 35.4 Å². The van der Waals surface area contributed by atoms with E-state index in [2.05, 4.69) is 29.2 Å². The summed E-state index contributed by atoms with van der Waals surface area (Å²) in [5, 5.41) is 0. The van der Waals surface area contributed by atoms with Crippen LogP contribution in [-0.2, 0) is 13.0 Å². The molecule has 1 saturated carbocycles. The lowest BCUT2D eigenvalue weighted by atomic mass is 9.75. The number of hydrogen-bond acceptors (Lipinski definition) is 2. The topological polar surface area (TPSA) is 29.3 Å². The molecule has 2 nitrogen and oxygen atoms in total. The molecular weight excluding hydrogens is 208 g/mol. The molecule has 1 heterocycles. The van der Waals surface area contributed by atoms with Gasteiger partial charge in [0.2, 0.25) is 0 Å². The van der Waals surface area contributed by atoms with Crippen molar-refractivity contribution in [2.75, 3.05) is 13.1 Å². The predicted molar refractivity (Wildman–Crippen MR) is 70.8 cm³/mol. The summed E-state index contributed by atoms with van der Waals surface area (Å²) in [6.45, 7) is 3.15. The van der Waals surface area contributed by atoms with Crippen LogP contribution >= 0.6 is 0 Å². The van der Waals surface area contributed by atoms with E-state index < -0.39 is 0 Å². The summed E-state index contributed by atoms with van der Waals surface area (Å²) in [7, 11) is 0. The molecule has 0 aromatic heterocycles. The van der Waals surface area contributed by atoms with Gasteiger partial charge in [-0.3, -0.25) is 4.90 Å². The highest BCUT2D eigenvalue weighted by molar-refractivity contribution is 5.28. The maximum atomic E-state index is 6.03. The molecule has 1 fully saturated rings. The fourth-order valence-electron chi connectivity index (χ4n) is 3.34. The van der Waals surface area contributed by atoms with E-state index in [1.165, 1.54) is 44.2 Å². The molecule has 2 aliphatic rings. The summed E-state index contributed by atoms with van der Waals surface area (Å²) in [4.78, 5) is 2.66. The average Bonchev–Trinajstić information content (AvgIpc) is 2.50. The molecule has 3 rings (SSSR count). The Bertz CT molecular complexity index is 390. The normalized spacial score (nSPS) is 23.6. The van der Waals surface area contributed by atoms with Crippen molar-refractivity contribution >= 4 is 0 Å². The van der Waals surface area contributed by atoms with Gasteiger partial charge >= 0.3 is 0 Å². The van der Waals surface area contributed by atoms with Crippen LogP contribution in [0.15, 0.2) is 24.3 Å². The van der Waals surface area contributed by atoms with Crippen LogP contribution in [0, 0.1) is 0 Å². The Kier molecular flexibility index (Phi) is 2.93. The van der Waals surface area contributed by atoms with Crippen LogP contribution in [0.1, 0.15) is 36.8 Å². The SMILES string of the molecule is NCC1(N2CCCc3ccccc3C2)CCC1. The van der Waals surface area contributed by atoms with Gasteiger partial charge in [-0.15, -0.1) is 0 Å². The molecular formula is C15H22N2. The third-order valence-corrected chi connectivity index (χ3v) is 4.69. The zero-order valence-electron chi connectivity index (χ0n) is 10.5. The molecule has 0 radical (unpaired) electrons. The van der Waals surface area contributed by atoms with Crippen LogP contribution in [0.4, 0.5) is 0 Å². The molecule has 17 heavy (non-hydrogen) atoms. The monoisotopic (exact) mass is 230 g/mol. The Morgan fingerprint density at radius 2 is 1.88 bits per heavy atom. The Labute approximate surface area is 104 Å². The van der Waals surface area contributed by atoms with Gasteiger partial charge in [0.1, 0.15) is 0 Å². The van der Waals surface area contributed by atoms with Crippen LogP contribution in [-0.4, -0.2) is 23.5 Å². The van der Waals surface area contributed by atoms with E-state index in [1.807, 2.05) is 0 Å². The largest absolute Gasteiger partial charge is 0.329 e. The summed E-state index contributed by atoms with van der Waals surface area (Å²) in [5.74, 6) is 0. The molecule has 1 aromatic carbocycles. The second-order valence-corrected chi connectivity index (χ2v) is 5.58. The van der Waals surface area contributed by atoms with E-state index in [1.54, 1.807) is 5.56 Å². The lowest BCUT2D eigenvalue weighted by Gasteiger charge is -2.49. The number of nitrogens with zero attached hydrogens (tertiary/aromatic N) is 1. The lowest BCUT2D eigenvalue weighted by Crippen LogP contribution is -2.58. The van der Waals surface area contributed by atoms with Gasteiger partial charge in [-0.05, 0) is 49.8 Å². The summed E-state index contributed by atoms with van der Waals surface area (Å²) in [5.41, 5.74) is 9.42. The smallest absolute Gasteiger partial charge is 0.0335 e. The van der Waals surface area contributed by atoms with Crippen LogP contribution in [0.25, 0.3) is 0 Å². The highest BCUT2D eigenvalue weighted by Gasteiger charge is 2.41. The molecule has 0 atom stereocenters. The average molecular weight is 230 g/mol. The molecule has 92 valence electrons. The predicted octanol–water partition coefficient (Wildman–Crippen LogP) is 2.32. The first-order valence-electron chi connectivity index (χ1n) is 6.86. The van der Waals surface area contributed by atoms with E-state index in [0.29, 0.717) is 5.54 Å². The van der Waals surface area contributed by atoms with Crippen molar-refractivity contribution in [3.63, 3.8) is 0 Å². The molecule has 0 unspecified atom stereocenters. The van der Waals surface area contributed by atoms with Gasteiger partial charge in [0.25, 0.3) is 0 Å². The van der Waals surface area contributed by atoms with Gasteiger partial charge in [0.05, 0.1) is 0 Å². The quantitative estimate of drug-likeness (QED) is 0.845. The van der Waals surface area contributed by atoms with Crippen molar-refractivity contribution in [2.24, 2.45) is 5.73 Å². The lowest BCUT2D eigenvalue weighted by molar-refractivity contribution is 0.0176. The minimum atomic E-state index is 0.331. The third kappa shape index (κ3) is 1.90. The van der Waals surface area contributed by atoms with Crippen LogP contribution in [0.5, 0.6) is 0 Å². The molecule has 0 saturated heterocycles. The zero-order valence-corrected chi connectivity index (χ0v) is 10.5. The van der Waals surface area contributed by atoms with Gasteiger partial charge in [0, 0.05) is 18.6 Å². The molecule has 0 spiro atoms. The van der Waals surface area contributed by atoms with Gasteiger partial charge in [-0.25, -0.2) is 0 Å². The van der Waals surface area contributed by atoms with Gasteiger partial charge in [-0.1, -0.05) is 24.3 Å². The maximum Gasteiger partial charge on any atom is 0.0335 e. The number of rotatable bonds is 2. The van der Waals surface area contributed by atoms with Crippen LogP contribution in [0.2, 0.25) is 0 Å². The molecule has 2 heteroatoms. The van der Waals surface area contributed by atoms with Crippen LogP contribution in [0.3, 0.4) is 0 Å².